The van der Waals surface area contributed by atoms with Gasteiger partial charge in [-0.25, -0.2) is 0 Å². The van der Waals surface area contributed by atoms with Crippen LogP contribution in [0.25, 0.3) is 0 Å². The number of rotatable bonds is 5. The lowest BCUT2D eigenvalue weighted by Crippen LogP contribution is -2.46. The molecule has 2 fully saturated rings. The monoisotopic (exact) mass is 293 g/mol. The summed E-state index contributed by atoms with van der Waals surface area (Å²) < 4.78 is 11.2. The van der Waals surface area contributed by atoms with E-state index >= 15 is 0 Å². The second-order valence-electron chi connectivity index (χ2n) is 6.56. The van der Waals surface area contributed by atoms with Gasteiger partial charge in [-0.15, -0.1) is 0 Å². The van der Waals surface area contributed by atoms with Gasteiger partial charge < -0.3 is 14.6 Å². The van der Waals surface area contributed by atoms with Crippen LogP contribution in [0.15, 0.2) is 4.52 Å². The number of hydrogen-bond acceptors (Lipinski definition) is 5. The van der Waals surface area contributed by atoms with Crippen LogP contribution in [0.2, 0.25) is 0 Å². The maximum Gasteiger partial charge on any atom is 0.228 e. The van der Waals surface area contributed by atoms with Gasteiger partial charge in [0, 0.05) is 25.0 Å². The summed E-state index contributed by atoms with van der Waals surface area (Å²) in [5.41, 5.74) is 0.156. The third-order valence-corrected chi connectivity index (χ3v) is 5.02. The Kier molecular flexibility index (Phi) is 4.91. The van der Waals surface area contributed by atoms with Gasteiger partial charge in [0.15, 0.2) is 5.82 Å². The molecule has 0 amide bonds. The zero-order valence-electron chi connectivity index (χ0n) is 13.1. The maximum absolute atomic E-state index is 5.75. The Labute approximate surface area is 126 Å². The first-order valence-corrected chi connectivity index (χ1v) is 8.42. The van der Waals surface area contributed by atoms with E-state index in [0.717, 1.165) is 37.6 Å². The van der Waals surface area contributed by atoms with Crippen LogP contribution < -0.4 is 5.32 Å². The third kappa shape index (κ3) is 3.83. The Morgan fingerprint density at radius 1 is 1.19 bits per heavy atom. The van der Waals surface area contributed by atoms with Crippen LogP contribution >= 0.6 is 0 Å². The normalized spacial score (nSPS) is 25.9. The molecule has 21 heavy (non-hydrogen) atoms. The molecule has 1 aromatic rings. The van der Waals surface area contributed by atoms with E-state index in [-0.39, 0.29) is 11.6 Å². The topological polar surface area (TPSA) is 60.2 Å². The van der Waals surface area contributed by atoms with Crippen molar-refractivity contribution in [1.82, 2.24) is 15.5 Å². The van der Waals surface area contributed by atoms with Crippen molar-refractivity contribution in [2.24, 2.45) is 0 Å². The van der Waals surface area contributed by atoms with E-state index in [2.05, 4.69) is 22.5 Å². The van der Waals surface area contributed by atoms with E-state index in [0.29, 0.717) is 0 Å². The average Bonchev–Trinajstić information content (AvgIpc) is 2.96. The molecule has 1 atom stereocenters. The molecule has 118 valence electrons. The first kappa shape index (κ1) is 15.0. The molecule has 1 aliphatic heterocycles. The predicted octanol–water partition coefficient (Wildman–Crippen LogP) is 2.65. The fourth-order valence-corrected chi connectivity index (χ4v) is 3.65. The maximum atomic E-state index is 5.75. The van der Waals surface area contributed by atoms with E-state index in [1.54, 1.807) is 0 Å². The summed E-state index contributed by atoms with van der Waals surface area (Å²) in [6.07, 6.45) is 11.8. The quantitative estimate of drug-likeness (QED) is 0.904. The van der Waals surface area contributed by atoms with Crippen LogP contribution in [-0.4, -0.2) is 35.4 Å². The van der Waals surface area contributed by atoms with Crippen molar-refractivity contribution in [2.45, 2.75) is 75.9 Å². The van der Waals surface area contributed by atoms with Gasteiger partial charge in [0.05, 0.1) is 6.10 Å². The van der Waals surface area contributed by atoms with Crippen LogP contribution in [0.5, 0.6) is 0 Å². The van der Waals surface area contributed by atoms with Crippen molar-refractivity contribution in [3.05, 3.63) is 11.7 Å². The molecule has 5 nitrogen and oxygen atoms in total. The SMILES string of the molecule is CNC1(Cc2nc(CC3CCCCO3)no2)CCCCC1. The van der Waals surface area contributed by atoms with Crippen LogP contribution in [0.3, 0.4) is 0 Å². The van der Waals surface area contributed by atoms with Crippen molar-refractivity contribution < 1.29 is 9.26 Å². The molecule has 0 spiro atoms. The van der Waals surface area contributed by atoms with Gasteiger partial charge in [-0.1, -0.05) is 24.4 Å². The second-order valence-corrected chi connectivity index (χ2v) is 6.56. The Balaban J connectivity index is 1.58. The molecular weight excluding hydrogens is 266 g/mol. The highest BCUT2D eigenvalue weighted by molar-refractivity contribution is 4.99. The van der Waals surface area contributed by atoms with Crippen LogP contribution in [0.1, 0.15) is 63.1 Å². The van der Waals surface area contributed by atoms with Crippen LogP contribution in [0.4, 0.5) is 0 Å². The van der Waals surface area contributed by atoms with Crippen molar-refractivity contribution in [3.8, 4) is 0 Å². The molecule has 1 aliphatic carbocycles. The van der Waals surface area contributed by atoms with Gasteiger partial charge in [0.2, 0.25) is 5.89 Å². The molecule has 1 aromatic heterocycles. The summed E-state index contributed by atoms with van der Waals surface area (Å²) in [5, 5.41) is 7.65. The van der Waals surface area contributed by atoms with Gasteiger partial charge in [-0.3, -0.25) is 0 Å². The number of hydrogen-bond donors (Lipinski definition) is 1. The van der Waals surface area contributed by atoms with E-state index < -0.39 is 0 Å². The molecule has 2 heterocycles. The van der Waals surface area contributed by atoms with Crippen molar-refractivity contribution in [2.75, 3.05) is 13.7 Å². The first-order chi connectivity index (χ1) is 10.3. The molecule has 1 saturated heterocycles. The van der Waals surface area contributed by atoms with Gasteiger partial charge >= 0.3 is 0 Å². The summed E-state index contributed by atoms with van der Waals surface area (Å²) in [6, 6.07) is 0. The van der Waals surface area contributed by atoms with E-state index in [1.807, 2.05) is 0 Å². The molecule has 0 aromatic carbocycles. The molecule has 2 aliphatic rings. The Morgan fingerprint density at radius 3 is 2.76 bits per heavy atom. The van der Waals surface area contributed by atoms with Crippen molar-refractivity contribution >= 4 is 0 Å². The van der Waals surface area contributed by atoms with Gasteiger partial charge in [0.1, 0.15) is 0 Å². The second kappa shape index (κ2) is 6.88. The van der Waals surface area contributed by atoms with Crippen LogP contribution in [0, 0.1) is 0 Å². The van der Waals surface area contributed by atoms with Crippen molar-refractivity contribution in [3.63, 3.8) is 0 Å². The zero-order chi connectivity index (χ0) is 14.5. The molecule has 5 heteroatoms. The first-order valence-electron chi connectivity index (χ1n) is 8.42. The Hall–Kier alpha value is -0.940. The third-order valence-electron chi connectivity index (χ3n) is 5.02. The highest BCUT2D eigenvalue weighted by Crippen LogP contribution is 2.30. The lowest BCUT2D eigenvalue weighted by Gasteiger charge is -2.36. The smallest absolute Gasteiger partial charge is 0.228 e. The fourth-order valence-electron chi connectivity index (χ4n) is 3.65. The standard InChI is InChI=1S/C16H27N3O2/c1-17-16(8-4-2-5-9-16)12-15-18-14(19-21-15)11-13-7-3-6-10-20-13/h13,17H,2-12H2,1H3. The lowest BCUT2D eigenvalue weighted by atomic mass is 9.79. The summed E-state index contributed by atoms with van der Waals surface area (Å²) in [5.74, 6) is 1.58. The number of nitrogens with zero attached hydrogens (tertiary/aromatic N) is 2. The van der Waals surface area contributed by atoms with Gasteiger partial charge in [0.25, 0.3) is 0 Å². The fraction of sp³-hybridized carbons (Fsp3) is 0.875. The molecule has 0 radical (unpaired) electrons. The van der Waals surface area contributed by atoms with Gasteiger partial charge in [-0.2, -0.15) is 4.98 Å². The highest BCUT2D eigenvalue weighted by atomic mass is 16.5. The number of nitrogens with one attached hydrogen (secondary N) is 1. The molecule has 1 saturated carbocycles. The Morgan fingerprint density at radius 2 is 2.05 bits per heavy atom. The van der Waals surface area contributed by atoms with Crippen molar-refractivity contribution in [1.29, 1.82) is 0 Å². The number of ether oxygens (including phenoxy) is 1. The summed E-state index contributed by atoms with van der Waals surface area (Å²) in [4.78, 5) is 4.59. The minimum atomic E-state index is 0.156. The van der Waals surface area contributed by atoms with E-state index in [1.165, 1.54) is 44.9 Å². The number of aromatic nitrogens is 2. The summed E-state index contributed by atoms with van der Waals surface area (Å²) in [7, 11) is 2.05. The lowest BCUT2D eigenvalue weighted by molar-refractivity contribution is 0.0153. The molecule has 0 bridgehead atoms. The largest absolute Gasteiger partial charge is 0.378 e. The minimum absolute atomic E-state index is 0.156. The molecule has 1 unspecified atom stereocenters. The molecule has 1 N–H and O–H groups in total. The summed E-state index contributed by atoms with van der Waals surface area (Å²) in [6.45, 7) is 0.873. The van der Waals surface area contributed by atoms with Crippen LogP contribution in [-0.2, 0) is 17.6 Å². The number of likely N-dealkylation sites (N-methyl/N-ethyl adjacent to an activating group) is 1. The highest BCUT2D eigenvalue weighted by Gasteiger charge is 2.32. The average molecular weight is 293 g/mol. The minimum Gasteiger partial charge on any atom is -0.378 e. The molecular formula is C16H27N3O2. The van der Waals surface area contributed by atoms with Gasteiger partial charge in [-0.05, 0) is 39.2 Å². The zero-order valence-corrected chi connectivity index (χ0v) is 13.1. The Bertz CT molecular complexity index is 434. The van der Waals surface area contributed by atoms with E-state index in [4.69, 9.17) is 9.26 Å². The predicted molar refractivity (Wildman–Crippen MR) is 80.2 cm³/mol. The van der Waals surface area contributed by atoms with E-state index in [9.17, 15) is 0 Å². The summed E-state index contributed by atoms with van der Waals surface area (Å²) >= 11 is 0. The molecule has 3 rings (SSSR count).